The number of aliphatic imine (C=N–C) groups is 1. The summed E-state index contributed by atoms with van der Waals surface area (Å²) >= 11 is 0. The van der Waals surface area contributed by atoms with Crippen molar-refractivity contribution in [1.29, 1.82) is 5.41 Å². The summed E-state index contributed by atoms with van der Waals surface area (Å²) in [5, 5.41) is 16.9. The molecule has 192 valence electrons. The van der Waals surface area contributed by atoms with Crippen LogP contribution < -0.4 is 16.2 Å². The zero-order valence-corrected chi connectivity index (χ0v) is 21.0. The van der Waals surface area contributed by atoms with E-state index in [1.165, 1.54) is 17.6 Å². The maximum atomic E-state index is 12.9. The minimum atomic E-state index is -3.91. The van der Waals surface area contributed by atoms with Gasteiger partial charge in [0.1, 0.15) is 10.9 Å². The number of anilines is 1. The van der Waals surface area contributed by atoms with Crippen LogP contribution in [0, 0.1) is 11.3 Å². The number of carbonyl (C=O) groups is 1. The van der Waals surface area contributed by atoms with E-state index in [0.29, 0.717) is 28.1 Å². The minimum absolute atomic E-state index is 0.00113. The lowest BCUT2D eigenvalue weighted by Crippen LogP contribution is -2.28. The first-order valence-electron chi connectivity index (χ1n) is 11.0. The largest absolute Gasteiger partial charge is 0.384 e. The van der Waals surface area contributed by atoms with Crippen LogP contribution in [0.25, 0.3) is 11.1 Å². The number of amides is 1. The van der Waals surface area contributed by atoms with E-state index < -0.39 is 26.5 Å². The van der Waals surface area contributed by atoms with Gasteiger partial charge in [-0.2, -0.15) is 0 Å². The summed E-state index contributed by atoms with van der Waals surface area (Å²) in [4.78, 5) is 17.3. The van der Waals surface area contributed by atoms with Gasteiger partial charge in [0.25, 0.3) is 0 Å². The van der Waals surface area contributed by atoms with Gasteiger partial charge in [-0.05, 0) is 35.9 Å². The molecule has 3 aromatic rings. The van der Waals surface area contributed by atoms with E-state index in [2.05, 4.69) is 10.3 Å². The maximum Gasteiger partial charge on any atom is 0.238 e. The SMILES string of the molecule is N=C(N)c1cccc(N=C2CC(C(=O)Nc3ccc(-c4ccccc4S(N)(=O)=O)cc3)C=CS2(O)O)c1. The van der Waals surface area contributed by atoms with Gasteiger partial charge < -0.3 is 11.1 Å². The quantitative estimate of drug-likeness (QED) is 0.200. The van der Waals surface area contributed by atoms with E-state index in [-0.39, 0.29) is 28.1 Å². The van der Waals surface area contributed by atoms with Crippen LogP contribution in [0.4, 0.5) is 11.4 Å². The molecule has 37 heavy (non-hydrogen) atoms. The topological polar surface area (TPSA) is 192 Å². The highest BCUT2D eigenvalue weighted by Gasteiger charge is 2.30. The fourth-order valence-electron chi connectivity index (χ4n) is 3.76. The van der Waals surface area contributed by atoms with Gasteiger partial charge in [-0.15, -0.1) is 10.6 Å². The van der Waals surface area contributed by atoms with Gasteiger partial charge in [0.15, 0.2) is 0 Å². The van der Waals surface area contributed by atoms with E-state index in [1.54, 1.807) is 66.7 Å². The van der Waals surface area contributed by atoms with E-state index in [1.807, 2.05) is 0 Å². The number of amidine groups is 1. The Morgan fingerprint density at radius 3 is 2.43 bits per heavy atom. The Hall–Kier alpha value is -3.81. The smallest absolute Gasteiger partial charge is 0.238 e. The van der Waals surface area contributed by atoms with Gasteiger partial charge in [0.05, 0.1) is 16.5 Å². The molecular formula is C25H25N5O5S2. The average Bonchev–Trinajstić information content (AvgIpc) is 2.85. The molecule has 0 bridgehead atoms. The van der Waals surface area contributed by atoms with Crippen molar-refractivity contribution in [2.24, 2.45) is 21.8 Å². The van der Waals surface area contributed by atoms with Crippen molar-refractivity contribution < 1.29 is 22.3 Å². The number of rotatable bonds is 6. The Labute approximate surface area is 215 Å². The lowest BCUT2D eigenvalue weighted by atomic mass is 10.0. The van der Waals surface area contributed by atoms with Gasteiger partial charge in [-0.25, -0.2) is 18.5 Å². The summed E-state index contributed by atoms with van der Waals surface area (Å²) in [5.74, 6) is -1.24. The van der Waals surface area contributed by atoms with Crippen molar-refractivity contribution in [3.63, 3.8) is 0 Å². The molecule has 0 saturated heterocycles. The van der Waals surface area contributed by atoms with E-state index in [9.17, 15) is 22.3 Å². The molecule has 0 radical (unpaired) electrons. The monoisotopic (exact) mass is 539 g/mol. The molecule has 0 fully saturated rings. The van der Waals surface area contributed by atoms with E-state index >= 15 is 0 Å². The second-order valence-corrected chi connectivity index (χ2v) is 11.8. The molecule has 1 aliphatic rings. The summed E-state index contributed by atoms with van der Waals surface area (Å²) in [7, 11) is -7.21. The third kappa shape index (κ3) is 6.13. The van der Waals surface area contributed by atoms with Gasteiger partial charge in [-0.3, -0.25) is 19.3 Å². The number of benzene rings is 3. The van der Waals surface area contributed by atoms with Gasteiger partial charge in [-0.1, -0.05) is 48.5 Å². The van der Waals surface area contributed by atoms with Gasteiger partial charge in [0, 0.05) is 28.6 Å². The molecule has 0 saturated carbocycles. The molecule has 1 atom stereocenters. The number of sulfonamides is 1. The molecule has 0 aliphatic carbocycles. The Morgan fingerprint density at radius 2 is 1.76 bits per heavy atom. The zero-order valence-electron chi connectivity index (χ0n) is 19.4. The third-order valence-electron chi connectivity index (χ3n) is 5.65. The van der Waals surface area contributed by atoms with Crippen LogP contribution in [0.3, 0.4) is 0 Å². The fraction of sp³-hybridized carbons (Fsp3) is 0.0800. The summed E-state index contributed by atoms with van der Waals surface area (Å²) in [6.07, 6.45) is 1.42. The predicted molar refractivity (Wildman–Crippen MR) is 147 cm³/mol. The third-order valence-corrected chi connectivity index (χ3v) is 8.10. The summed E-state index contributed by atoms with van der Waals surface area (Å²) < 4.78 is 44.7. The fourth-order valence-corrected chi connectivity index (χ4v) is 5.75. The van der Waals surface area contributed by atoms with Crippen LogP contribution in [0.15, 0.2) is 94.2 Å². The first-order valence-corrected chi connectivity index (χ1v) is 14.1. The number of nitrogens with two attached hydrogens (primary N) is 2. The Morgan fingerprint density at radius 1 is 1.05 bits per heavy atom. The number of carbonyl (C=O) groups excluding carboxylic acids is 1. The van der Waals surface area contributed by atoms with E-state index in [4.69, 9.17) is 16.3 Å². The van der Waals surface area contributed by atoms with Crippen LogP contribution >= 0.6 is 10.6 Å². The van der Waals surface area contributed by atoms with Crippen LogP contribution in [-0.4, -0.2) is 34.3 Å². The summed E-state index contributed by atoms with van der Waals surface area (Å²) in [6, 6.07) is 19.4. The molecule has 0 spiro atoms. The number of nitrogen functional groups attached to an aromatic ring is 1. The number of nitrogens with zero attached hydrogens (tertiary/aromatic N) is 1. The van der Waals surface area contributed by atoms with Crippen molar-refractivity contribution in [3.8, 4) is 11.1 Å². The molecule has 1 heterocycles. The number of primary sulfonamides is 1. The highest BCUT2D eigenvalue weighted by molar-refractivity contribution is 8.39. The Balaban J connectivity index is 1.52. The standard InChI is InChI=1S/C25H25N5O5S2/c26-24(27)17-4-3-5-20(14-17)29-23-15-18(12-13-36(23,32)33)25(31)30-19-10-8-16(9-11-19)21-6-1-2-7-22(21)37(28,34)35/h1-14,18,32-33H,15H2,(H3,26,27)(H,30,31)(H2,28,34,35). The van der Waals surface area contributed by atoms with Crippen LogP contribution in [0.2, 0.25) is 0 Å². The van der Waals surface area contributed by atoms with Crippen molar-refractivity contribution in [2.75, 3.05) is 5.32 Å². The first kappa shape index (κ1) is 26.3. The second kappa shape index (κ2) is 10.3. The molecule has 1 aliphatic heterocycles. The molecule has 10 nitrogen and oxygen atoms in total. The van der Waals surface area contributed by atoms with Crippen molar-refractivity contribution in [3.05, 3.63) is 89.8 Å². The molecule has 4 rings (SSSR count). The van der Waals surface area contributed by atoms with E-state index in [0.717, 1.165) is 0 Å². The molecular weight excluding hydrogens is 514 g/mol. The van der Waals surface area contributed by atoms with Crippen molar-refractivity contribution in [1.82, 2.24) is 0 Å². The van der Waals surface area contributed by atoms with Crippen molar-refractivity contribution in [2.45, 2.75) is 11.3 Å². The average molecular weight is 540 g/mol. The maximum absolute atomic E-state index is 12.9. The summed E-state index contributed by atoms with van der Waals surface area (Å²) in [5.41, 5.74) is 7.86. The van der Waals surface area contributed by atoms with Crippen molar-refractivity contribution >= 4 is 48.8 Å². The highest BCUT2D eigenvalue weighted by atomic mass is 32.3. The predicted octanol–water partition coefficient (Wildman–Crippen LogP) is 4.24. The molecule has 0 aromatic heterocycles. The van der Waals surface area contributed by atoms with Crippen LogP contribution in [0.5, 0.6) is 0 Å². The zero-order chi connectivity index (χ0) is 26.8. The lowest BCUT2D eigenvalue weighted by molar-refractivity contribution is -0.118. The number of hydrogen-bond acceptors (Lipinski definition) is 7. The number of nitrogens with one attached hydrogen (secondary N) is 2. The van der Waals surface area contributed by atoms with Crippen LogP contribution in [0.1, 0.15) is 12.0 Å². The molecule has 8 N–H and O–H groups in total. The van der Waals surface area contributed by atoms with Crippen LogP contribution in [-0.2, 0) is 14.8 Å². The molecule has 12 heteroatoms. The molecule has 1 amide bonds. The highest BCUT2D eigenvalue weighted by Crippen LogP contribution is 2.48. The second-order valence-electron chi connectivity index (χ2n) is 8.31. The first-order chi connectivity index (χ1) is 17.4. The lowest BCUT2D eigenvalue weighted by Gasteiger charge is -2.34. The minimum Gasteiger partial charge on any atom is -0.384 e. The number of hydrogen-bond donors (Lipinski definition) is 6. The molecule has 1 unspecified atom stereocenters. The van der Waals surface area contributed by atoms with Gasteiger partial charge >= 0.3 is 0 Å². The Kier molecular flexibility index (Phi) is 7.30. The molecule has 3 aromatic carbocycles. The van der Waals surface area contributed by atoms with Gasteiger partial charge in [0.2, 0.25) is 15.9 Å². The Bertz CT molecular complexity index is 1530. The normalized spacial score (nSPS) is 18.8. The summed E-state index contributed by atoms with van der Waals surface area (Å²) in [6.45, 7) is 0.